The molecule has 4 unspecified atom stereocenters. The maximum absolute atomic E-state index is 12.8. The van der Waals surface area contributed by atoms with E-state index in [1.165, 1.54) is 6.08 Å². The van der Waals surface area contributed by atoms with Crippen LogP contribution in [0.3, 0.4) is 0 Å². The zero-order chi connectivity index (χ0) is 42.3. The van der Waals surface area contributed by atoms with E-state index < -0.39 is 61.6 Å². The summed E-state index contributed by atoms with van der Waals surface area (Å²) in [5, 5.41) is 0. The number of rotatable bonds is 15. The molecular formula is C40H74O14S3. The van der Waals surface area contributed by atoms with Crippen LogP contribution in [-0.2, 0) is 53.3 Å². The summed E-state index contributed by atoms with van der Waals surface area (Å²) in [4.78, 5) is 12.8. The molecule has 57 heavy (non-hydrogen) atoms. The minimum absolute atomic E-state index is 0.111. The standard InChI is InChI=1S/C40H74O14S3/c1-2-3-4-5-14-20-25-30-37(52-55(42,43)44)34-36-29-24-19-15-11-9-12-17-22-27-32-39(54-57(48,49)50)35-38(53-56(45,46)47)31-26-21-16-10-7-6-8-13-18-23-28-33-40(41)51-36/h2-3,28,33,36-39H,4-27,29-32,34-35H2,1H3,(H,42,43,44)(H,45,46,47)(H,48,49,50)/b3-2+,33-28-. The number of unbranched alkanes of at least 4 members (excludes halogenated alkanes) is 4. The van der Waals surface area contributed by atoms with E-state index in [2.05, 4.69) is 6.08 Å². The fraction of sp³-hybridized carbons (Fsp3) is 0.875. The first-order valence-corrected chi connectivity index (χ1v) is 25.6. The Morgan fingerprint density at radius 2 is 1.11 bits per heavy atom. The average Bonchev–Trinajstić information content (AvgIpc) is 3.09. The van der Waals surface area contributed by atoms with E-state index in [0.29, 0.717) is 25.7 Å². The van der Waals surface area contributed by atoms with Crippen LogP contribution in [0.15, 0.2) is 24.3 Å². The van der Waals surface area contributed by atoms with Crippen molar-refractivity contribution in [3.63, 3.8) is 0 Å². The van der Waals surface area contributed by atoms with Gasteiger partial charge in [0.15, 0.2) is 0 Å². The van der Waals surface area contributed by atoms with Gasteiger partial charge in [0.1, 0.15) is 6.10 Å². The number of hydrogen-bond acceptors (Lipinski definition) is 11. The summed E-state index contributed by atoms with van der Waals surface area (Å²) in [6, 6.07) is 0. The van der Waals surface area contributed by atoms with Crippen molar-refractivity contribution in [1.29, 1.82) is 0 Å². The van der Waals surface area contributed by atoms with Gasteiger partial charge in [-0.1, -0.05) is 140 Å². The van der Waals surface area contributed by atoms with Crippen LogP contribution in [0.4, 0.5) is 0 Å². The Kier molecular flexibility index (Phi) is 30.4. The van der Waals surface area contributed by atoms with Crippen LogP contribution in [0.25, 0.3) is 0 Å². The van der Waals surface area contributed by atoms with Crippen molar-refractivity contribution in [1.82, 2.24) is 0 Å². The summed E-state index contributed by atoms with van der Waals surface area (Å²) >= 11 is 0. The third kappa shape index (κ3) is 36.2. The molecule has 4 atom stereocenters. The largest absolute Gasteiger partial charge is 0.459 e. The number of cyclic esters (lactones) is 1. The second kappa shape index (κ2) is 32.3. The van der Waals surface area contributed by atoms with E-state index >= 15 is 0 Å². The Labute approximate surface area is 345 Å². The lowest BCUT2D eigenvalue weighted by Gasteiger charge is -2.23. The fourth-order valence-electron chi connectivity index (χ4n) is 7.33. The van der Waals surface area contributed by atoms with Crippen LogP contribution in [0, 0.1) is 0 Å². The van der Waals surface area contributed by atoms with Crippen LogP contribution in [-0.4, -0.2) is 69.3 Å². The van der Waals surface area contributed by atoms with Crippen molar-refractivity contribution in [3.8, 4) is 0 Å². The van der Waals surface area contributed by atoms with E-state index in [1.54, 1.807) is 0 Å². The van der Waals surface area contributed by atoms with Gasteiger partial charge in [0.2, 0.25) is 0 Å². The highest BCUT2D eigenvalue weighted by molar-refractivity contribution is 7.81. The summed E-state index contributed by atoms with van der Waals surface area (Å²) in [6.07, 6.45) is 27.2. The minimum Gasteiger partial charge on any atom is -0.459 e. The average molecular weight is 875 g/mol. The van der Waals surface area contributed by atoms with Gasteiger partial charge in [0.05, 0.1) is 18.3 Å². The molecule has 1 heterocycles. The lowest BCUT2D eigenvalue weighted by molar-refractivity contribution is -0.144. The molecule has 3 N–H and O–H groups in total. The number of carbonyl (C=O) groups is 1. The molecule has 1 aliphatic heterocycles. The summed E-state index contributed by atoms with van der Waals surface area (Å²) in [6.45, 7) is 1.98. The first kappa shape index (κ1) is 53.6. The Hall–Kier alpha value is -1.44. The SMILES string of the molecule is C/C=C/CCCCCCC(CC1CCCCCCCCCCCC(OS(=O)(=O)O)CC(OS(=O)(=O)O)CCCCCCCCCCC/C=C\C(=O)O1)OS(=O)(=O)O. The van der Waals surface area contributed by atoms with Gasteiger partial charge in [-0.25, -0.2) is 17.3 Å². The number of esters is 1. The molecular weight excluding hydrogens is 801 g/mol. The van der Waals surface area contributed by atoms with Crippen LogP contribution in [0.5, 0.6) is 0 Å². The first-order valence-electron chi connectivity index (χ1n) is 21.5. The van der Waals surface area contributed by atoms with Gasteiger partial charge in [-0.3, -0.25) is 13.7 Å². The molecule has 17 heteroatoms. The highest BCUT2D eigenvalue weighted by Gasteiger charge is 2.26. The van der Waals surface area contributed by atoms with Gasteiger partial charge in [-0.05, 0) is 64.7 Å². The number of allylic oxidation sites excluding steroid dienone is 3. The summed E-state index contributed by atoms with van der Waals surface area (Å²) in [5.41, 5.74) is 0. The molecule has 0 fully saturated rings. The third-order valence-corrected chi connectivity index (χ3v) is 11.7. The molecule has 0 radical (unpaired) electrons. The molecule has 1 aliphatic rings. The fourth-order valence-corrected chi connectivity index (χ4v) is 8.89. The smallest absolute Gasteiger partial charge is 0.397 e. The first-order chi connectivity index (χ1) is 27.1. The van der Waals surface area contributed by atoms with Crippen LogP contribution in [0.1, 0.15) is 200 Å². The highest BCUT2D eigenvalue weighted by atomic mass is 32.3. The lowest BCUT2D eigenvalue weighted by Crippen LogP contribution is -2.27. The zero-order valence-electron chi connectivity index (χ0n) is 34.4. The van der Waals surface area contributed by atoms with Crippen molar-refractivity contribution in [3.05, 3.63) is 24.3 Å². The minimum atomic E-state index is -4.79. The molecule has 336 valence electrons. The second-order valence-electron chi connectivity index (χ2n) is 15.4. The lowest BCUT2D eigenvalue weighted by atomic mass is 9.99. The van der Waals surface area contributed by atoms with E-state index in [1.807, 2.05) is 19.1 Å². The molecule has 0 aromatic carbocycles. The molecule has 0 aromatic rings. The summed E-state index contributed by atoms with van der Waals surface area (Å²) in [7, 11) is -14.2. The molecule has 0 saturated carbocycles. The van der Waals surface area contributed by atoms with Gasteiger partial charge in [0, 0.05) is 18.9 Å². The quantitative estimate of drug-likeness (QED) is 0.0604. The predicted octanol–water partition coefficient (Wildman–Crippen LogP) is 10.3. The molecule has 0 amide bonds. The monoisotopic (exact) mass is 874 g/mol. The Bertz CT molecular complexity index is 1410. The van der Waals surface area contributed by atoms with Crippen molar-refractivity contribution in [2.45, 2.75) is 224 Å². The van der Waals surface area contributed by atoms with E-state index in [4.69, 9.17) is 17.3 Å². The Morgan fingerprint density at radius 3 is 1.58 bits per heavy atom. The number of ether oxygens (including phenoxy) is 1. The molecule has 14 nitrogen and oxygen atoms in total. The molecule has 0 spiro atoms. The number of hydrogen-bond donors (Lipinski definition) is 3. The zero-order valence-corrected chi connectivity index (χ0v) is 36.8. The Morgan fingerprint density at radius 1 is 0.649 bits per heavy atom. The van der Waals surface area contributed by atoms with Gasteiger partial charge < -0.3 is 4.74 Å². The summed E-state index contributed by atoms with van der Waals surface area (Å²) in [5.74, 6) is -0.471. The summed E-state index contributed by atoms with van der Waals surface area (Å²) < 4.78 is 118. The molecule has 0 aromatic heterocycles. The van der Waals surface area contributed by atoms with Crippen molar-refractivity contribution in [2.24, 2.45) is 0 Å². The number of carbonyl (C=O) groups excluding carboxylic acids is 1. The van der Waals surface area contributed by atoms with Crippen molar-refractivity contribution >= 4 is 37.2 Å². The van der Waals surface area contributed by atoms with E-state index in [-0.39, 0.29) is 25.7 Å². The van der Waals surface area contributed by atoms with Crippen molar-refractivity contribution in [2.75, 3.05) is 0 Å². The molecule has 1 rings (SSSR count). The predicted molar refractivity (Wildman–Crippen MR) is 222 cm³/mol. The van der Waals surface area contributed by atoms with Gasteiger partial charge in [-0.2, -0.15) is 25.3 Å². The normalized spacial score (nSPS) is 24.0. The van der Waals surface area contributed by atoms with Gasteiger partial charge >= 0.3 is 37.2 Å². The van der Waals surface area contributed by atoms with Gasteiger partial charge in [-0.15, -0.1) is 0 Å². The second-order valence-corrected chi connectivity index (χ2v) is 18.6. The van der Waals surface area contributed by atoms with Crippen LogP contribution >= 0.6 is 0 Å². The van der Waals surface area contributed by atoms with Crippen LogP contribution < -0.4 is 0 Å². The molecule has 0 aliphatic carbocycles. The highest BCUT2D eigenvalue weighted by Crippen LogP contribution is 2.24. The van der Waals surface area contributed by atoms with E-state index in [9.17, 15) is 43.7 Å². The maximum atomic E-state index is 12.8. The Balaban J connectivity index is 2.85. The third-order valence-electron chi connectivity index (χ3n) is 10.2. The van der Waals surface area contributed by atoms with Crippen LogP contribution in [0.2, 0.25) is 0 Å². The molecule has 0 saturated heterocycles. The maximum Gasteiger partial charge on any atom is 0.397 e. The molecule has 0 bridgehead atoms. The topological polar surface area (TPSA) is 217 Å². The van der Waals surface area contributed by atoms with E-state index in [0.717, 1.165) is 141 Å². The van der Waals surface area contributed by atoms with Gasteiger partial charge in [0.25, 0.3) is 0 Å². The van der Waals surface area contributed by atoms with Crippen molar-refractivity contribution < 1.29 is 61.0 Å².